The van der Waals surface area contributed by atoms with Crippen molar-refractivity contribution in [3.8, 4) is 0 Å². The fraction of sp³-hybridized carbons (Fsp3) is 0. The Hall–Kier alpha value is -4.51. The zero-order chi connectivity index (χ0) is 21.7. The molecule has 0 saturated carbocycles. The smallest absolute Gasteiger partial charge is 0.266 e. The van der Waals surface area contributed by atoms with Crippen LogP contribution in [0.4, 0.5) is 0 Å². The number of rotatable bonds is 3. The van der Waals surface area contributed by atoms with E-state index in [1.54, 1.807) is 18.2 Å². The van der Waals surface area contributed by atoms with Gasteiger partial charge in [-0.05, 0) is 34.5 Å². The van der Waals surface area contributed by atoms with Gasteiger partial charge in [0.2, 0.25) is 5.89 Å². The number of nitrogens with zero attached hydrogens (tertiary/aromatic N) is 1. The summed E-state index contributed by atoms with van der Waals surface area (Å²) >= 11 is 0. The van der Waals surface area contributed by atoms with Gasteiger partial charge in [0.05, 0.1) is 5.57 Å². The van der Waals surface area contributed by atoms with Gasteiger partial charge in [-0.15, -0.1) is 0 Å². The molecule has 0 N–H and O–H groups in total. The molecule has 2 aromatic heterocycles. The Morgan fingerprint density at radius 3 is 2.03 bits per heavy atom. The minimum atomic E-state index is -0.322. The number of allylic oxidation sites excluding steroid dienone is 1. The first-order chi connectivity index (χ1) is 15.7. The Morgan fingerprint density at radius 2 is 1.38 bits per heavy atom. The lowest BCUT2D eigenvalue weighted by molar-refractivity contribution is 0.0990. The van der Waals surface area contributed by atoms with Crippen LogP contribution in [0.1, 0.15) is 37.9 Å². The maximum atomic E-state index is 12.9. The lowest BCUT2D eigenvalue weighted by atomic mass is 10.0. The van der Waals surface area contributed by atoms with Crippen LogP contribution in [0.2, 0.25) is 0 Å². The Labute approximate surface area is 182 Å². The standard InChI is InChI=1S/C27H15NO4/c29-25-20-12-17-8-4-5-9-18(17)13-21(20)26(30)22(25)15-24-28-27-23(32-24)14-19(31-27)11-10-16-6-2-1-3-7-16/h1-15H/b11-10+. The zero-order valence-electron chi connectivity index (χ0n) is 16.7. The van der Waals surface area contributed by atoms with E-state index in [1.165, 1.54) is 6.08 Å². The number of oxazole rings is 1. The van der Waals surface area contributed by atoms with E-state index in [9.17, 15) is 9.59 Å². The van der Waals surface area contributed by atoms with Crippen molar-refractivity contribution in [3.63, 3.8) is 0 Å². The maximum Gasteiger partial charge on any atom is 0.266 e. The average Bonchev–Trinajstić information content (AvgIpc) is 3.44. The Morgan fingerprint density at radius 1 is 0.719 bits per heavy atom. The Balaban J connectivity index is 1.32. The lowest BCUT2D eigenvalue weighted by Crippen LogP contribution is -2.00. The van der Waals surface area contributed by atoms with Crippen LogP contribution in [-0.4, -0.2) is 16.6 Å². The van der Waals surface area contributed by atoms with Crippen LogP contribution in [0, 0.1) is 0 Å². The van der Waals surface area contributed by atoms with Crippen LogP contribution in [0.3, 0.4) is 0 Å². The average molecular weight is 417 g/mol. The molecule has 0 saturated heterocycles. The summed E-state index contributed by atoms with van der Waals surface area (Å²) in [7, 11) is 0. The predicted molar refractivity (Wildman–Crippen MR) is 122 cm³/mol. The molecule has 1 aliphatic carbocycles. The number of Topliss-reactive ketones (excluding diaryl/α,β-unsaturated/α-hetero) is 2. The summed E-state index contributed by atoms with van der Waals surface area (Å²) in [6, 6.07) is 22.7. The molecule has 2 heterocycles. The van der Waals surface area contributed by atoms with E-state index < -0.39 is 0 Å². The van der Waals surface area contributed by atoms with Crippen molar-refractivity contribution < 1.29 is 18.4 Å². The maximum absolute atomic E-state index is 12.9. The minimum absolute atomic E-state index is 0.0448. The number of carbonyl (C=O) groups excluding carboxylic acids is 2. The van der Waals surface area contributed by atoms with Crippen LogP contribution < -0.4 is 0 Å². The van der Waals surface area contributed by atoms with Gasteiger partial charge in [-0.25, -0.2) is 0 Å². The van der Waals surface area contributed by atoms with Gasteiger partial charge in [-0.1, -0.05) is 60.7 Å². The van der Waals surface area contributed by atoms with Gasteiger partial charge in [0.1, 0.15) is 5.76 Å². The molecule has 5 aromatic rings. The van der Waals surface area contributed by atoms with Gasteiger partial charge in [0, 0.05) is 23.3 Å². The van der Waals surface area contributed by atoms with Gasteiger partial charge >= 0.3 is 0 Å². The highest BCUT2D eigenvalue weighted by Gasteiger charge is 2.34. The number of hydrogen-bond acceptors (Lipinski definition) is 5. The number of ketones is 2. The molecular weight excluding hydrogens is 402 g/mol. The first-order valence-corrected chi connectivity index (χ1v) is 10.1. The fourth-order valence-corrected chi connectivity index (χ4v) is 3.92. The Bertz CT molecular complexity index is 1510. The molecule has 0 atom stereocenters. The number of furan rings is 1. The van der Waals surface area contributed by atoms with Gasteiger partial charge in [-0.2, -0.15) is 4.98 Å². The summed E-state index contributed by atoms with van der Waals surface area (Å²) in [6.45, 7) is 0. The lowest BCUT2D eigenvalue weighted by Gasteiger charge is -2.00. The van der Waals surface area contributed by atoms with E-state index in [0.717, 1.165) is 16.3 Å². The molecule has 0 radical (unpaired) electrons. The van der Waals surface area contributed by atoms with Crippen molar-refractivity contribution in [1.82, 2.24) is 4.98 Å². The number of benzene rings is 3. The second-order valence-corrected chi connectivity index (χ2v) is 7.58. The van der Waals surface area contributed by atoms with Crippen molar-refractivity contribution in [2.24, 2.45) is 0 Å². The second kappa shape index (κ2) is 7.03. The monoisotopic (exact) mass is 417 g/mol. The number of aromatic nitrogens is 1. The van der Waals surface area contributed by atoms with Gasteiger partial charge in [-0.3, -0.25) is 9.59 Å². The third kappa shape index (κ3) is 2.99. The van der Waals surface area contributed by atoms with Gasteiger partial charge < -0.3 is 8.83 Å². The topological polar surface area (TPSA) is 73.3 Å². The molecule has 0 unspecified atom stereocenters. The van der Waals surface area contributed by atoms with Crippen molar-refractivity contribution in [2.45, 2.75) is 0 Å². The summed E-state index contributed by atoms with van der Waals surface area (Å²) in [4.78, 5) is 30.1. The molecule has 3 aromatic carbocycles. The van der Waals surface area contributed by atoms with Crippen molar-refractivity contribution in [1.29, 1.82) is 0 Å². The Kier molecular flexibility index (Phi) is 4.01. The van der Waals surface area contributed by atoms with Crippen LogP contribution in [0.15, 0.2) is 87.2 Å². The fourth-order valence-electron chi connectivity index (χ4n) is 3.92. The predicted octanol–water partition coefficient (Wildman–Crippen LogP) is 6.21. The first-order valence-electron chi connectivity index (χ1n) is 10.1. The van der Waals surface area contributed by atoms with Gasteiger partial charge in [0.15, 0.2) is 17.1 Å². The third-order valence-electron chi connectivity index (χ3n) is 5.50. The highest BCUT2D eigenvalue weighted by molar-refractivity contribution is 6.42. The van der Waals surface area contributed by atoms with Crippen molar-refractivity contribution in [2.75, 3.05) is 0 Å². The molecule has 0 amide bonds. The summed E-state index contributed by atoms with van der Waals surface area (Å²) < 4.78 is 11.4. The minimum Gasteiger partial charge on any atom is -0.436 e. The molecule has 0 fully saturated rings. The molecule has 0 bridgehead atoms. The molecule has 1 aliphatic rings. The van der Waals surface area contributed by atoms with Crippen LogP contribution in [0.5, 0.6) is 0 Å². The molecule has 152 valence electrons. The highest BCUT2D eigenvalue weighted by Crippen LogP contribution is 2.32. The van der Waals surface area contributed by atoms with E-state index in [2.05, 4.69) is 4.98 Å². The molecular formula is C27H15NO4. The molecule has 32 heavy (non-hydrogen) atoms. The first kappa shape index (κ1) is 18.3. The molecule has 5 nitrogen and oxygen atoms in total. The number of hydrogen-bond donors (Lipinski definition) is 0. The largest absolute Gasteiger partial charge is 0.436 e. The third-order valence-corrected chi connectivity index (χ3v) is 5.50. The van der Waals surface area contributed by atoms with Crippen LogP contribution in [-0.2, 0) is 0 Å². The zero-order valence-corrected chi connectivity index (χ0v) is 16.7. The number of carbonyl (C=O) groups is 2. The van der Waals surface area contributed by atoms with E-state index in [1.807, 2.05) is 66.7 Å². The molecule has 0 aliphatic heterocycles. The highest BCUT2D eigenvalue weighted by atomic mass is 16.4. The van der Waals surface area contributed by atoms with Crippen molar-refractivity contribution >= 4 is 51.9 Å². The van der Waals surface area contributed by atoms with E-state index in [0.29, 0.717) is 28.2 Å². The SMILES string of the molecule is O=C1C(=Cc2nc3oc(/C=C/c4ccccc4)cc3o2)C(=O)c2cc3ccccc3cc21. The molecule has 6 rings (SSSR count). The van der Waals surface area contributed by atoms with Crippen molar-refractivity contribution in [3.05, 3.63) is 107 Å². The van der Waals surface area contributed by atoms with Gasteiger partial charge in [0.25, 0.3) is 5.71 Å². The van der Waals surface area contributed by atoms with Crippen LogP contribution >= 0.6 is 0 Å². The normalized spacial score (nSPS) is 13.6. The summed E-state index contributed by atoms with van der Waals surface area (Å²) in [5, 5.41) is 1.83. The number of fused-ring (bicyclic) bond motifs is 3. The molecule has 5 heteroatoms. The summed E-state index contributed by atoms with van der Waals surface area (Å²) in [6.07, 6.45) is 5.15. The van der Waals surface area contributed by atoms with E-state index in [-0.39, 0.29) is 23.0 Å². The summed E-state index contributed by atoms with van der Waals surface area (Å²) in [5.41, 5.74) is 2.66. The van der Waals surface area contributed by atoms with E-state index in [4.69, 9.17) is 8.83 Å². The van der Waals surface area contributed by atoms with E-state index >= 15 is 0 Å². The second-order valence-electron chi connectivity index (χ2n) is 7.58. The molecule has 0 spiro atoms. The van der Waals surface area contributed by atoms with Crippen LogP contribution in [0.25, 0.3) is 40.3 Å². The summed E-state index contributed by atoms with van der Waals surface area (Å²) in [5.74, 6) is 0.113. The quantitative estimate of drug-likeness (QED) is 0.258.